The first-order chi connectivity index (χ1) is 18.1. The highest BCUT2D eigenvalue weighted by molar-refractivity contribution is 5.67. The molecule has 2 heterocycles. The van der Waals surface area contributed by atoms with Crippen molar-refractivity contribution in [3.8, 4) is 11.5 Å². The number of halogens is 6. The summed E-state index contributed by atoms with van der Waals surface area (Å²) in [5.41, 5.74) is -1.03. The van der Waals surface area contributed by atoms with E-state index >= 15 is 0 Å². The molecule has 0 amide bonds. The Hall–Kier alpha value is -4.46. The van der Waals surface area contributed by atoms with Gasteiger partial charge in [0.05, 0.1) is 0 Å². The van der Waals surface area contributed by atoms with Gasteiger partial charge in [0, 0.05) is 0 Å². The molecule has 194 valence electrons. The lowest BCUT2D eigenvalue weighted by Gasteiger charge is -2.08. The Balaban J connectivity index is 1.66. The standard InChI is InChI=1S/C30H20F6O2/c31-29(32,33)25-19-23(17-9-7-15-21-11-3-1-4-12-21)37-27(25)28-26(30(34,35)36)20-24(38-28)18-10-8-16-22-13-5-2-6-14-22/h1-20H/b15-7+,16-8+,17-9-,18-10+. The van der Waals surface area contributed by atoms with Gasteiger partial charge in [-0.15, -0.1) is 0 Å². The molecule has 0 spiro atoms. The molecule has 38 heavy (non-hydrogen) atoms. The van der Waals surface area contributed by atoms with E-state index in [1.165, 1.54) is 24.3 Å². The van der Waals surface area contributed by atoms with E-state index in [-0.39, 0.29) is 11.5 Å². The van der Waals surface area contributed by atoms with Gasteiger partial charge in [0.25, 0.3) is 0 Å². The van der Waals surface area contributed by atoms with Crippen LogP contribution in [-0.2, 0) is 12.4 Å². The highest BCUT2D eigenvalue weighted by atomic mass is 19.4. The maximum atomic E-state index is 13.8. The quantitative estimate of drug-likeness (QED) is 0.177. The van der Waals surface area contributed by atoms with Crippen LogP contribution in [0.15, 0.2) is 106 Å². The van der Waals surface area contributed by atoms with Gasteiger partial charge in [0.15, 0.2) is 11.5 Å². The SMILES string of the molecule is FC(F)(F)c1cc(/C=C\C=C\c2ccccc2)oc1-c1oc(/C=C/C=C/c2ccccc2)cc1C(F)(F)F. The molecule has 0 N–H and O–H groups in total. The van der Waals surface area contributed by atoms with E-state index in [1.807, 2.05) is 60.7 Å². The summed E-state index contributed by atoms with van der Waals surface area (Å²) in [7, 11) is 0. The molecule has 2 aromatic heterocycles. The predicted molar refractivity (Wildman–Crippen MR) is 135 cm³/mol. The third kappa shape index (κ3) is 6.85. The Kier molecular flexibility index (Phi) is 7.90. The van der Waals surface area contributed by atoms with Crippen LogP contribution in [-0.4, -0.2) is 0 Å². The summed E-state index contributed by atoms with van der Waals surface area (Å²) >= 11 is 0. The molecule has 0 fully saturated rings. The molecule has 2 nitrogen and oxygen atoms in total. The van der Waals surface area contributed by atoms with Crippen molar-refractivity contribution in [2.24, 2.45) is 0 Å². The Morgan fingerprint density at radius 1 is 0.474 bits per heavy atom. The molecule has 0 aliphatic rings. The summed E-state index contributed by atoms with van der Waals surface area (Å²) in [6.07, 6.45) is 1.92. The van der Waals surface area contributed by atoms with Crippen molar-refractivity contribution in [3.63, 3.8) is 0 Å². The van der Waals surface area contributed by atoms with Crippen molar-refractivity contribution in [1.29, 1.82) is 0 Å². The number of allylic oxidation sites excluding steroid dienone is 4. The second-order valence-corrected chi connectivity index (χ2v) is 8.04. The number of furan rings is 2. The van der Waals surface area contributed by atoms with Gasteiger partial charge in [-0.25, -0.2) is 0 Å². The average Bonchev–Trinajstić information content (AvgIpc) is 3.50. The minimum absolute atomic E-state index is 0.280. The zero-order valence-corrected chi connectivity index (χ0v) is 19.6. The molecule has 0 bridgehead atoms. The Bertz CT molecular complexity index is 1350. The number of rotatable bonds is 7. The molecule has 8 heteroatoms. The molecular weight excluding hydrogens is 506 g/mol. The summed E-state index contributed by atoms with van der Waals surface area (Å²) in [6, 6.07) is 19.6. The molecular formula is C30H20F6O2. The van der Waals surface area contributed by atoms with Gasteiger partial charge < -0.3 is 8.83 Å². The molecule has 0 saturated carbocycles. The number of hydrogen-bond acceptors (Lipinski definition) is 2. The van der Waals surface area contributed by atoms with Crippen molar-refractivity contribution in [3.05, 3.63) is 131 Å². The Morgan fingerprint density at radius 2 is 0.816 bits per heavy atom. The van der Waals surface area contributed by atoms with Crippen LogP contribution >= 0.6 is 0 Å². The second-order valence-electron chi connectivity index (χ2n) is 8.04. The van der Waals surface area contributed by atoms with Crippen molar-refractivity contribution < 1.29 is 35.2 Å². The first-order valence-electron chi connectivity index (χ1n) is 11.3. The molecule has 0 aliphatic heterocycles. The topological polar surface area (TPSA) is 26.3 Å². The molecule has 0 aliphatic carbocycles. The van der Waals surface area contributed by atoms with Crippen LogP contribution in [0.4, 0.5) is 26.3 Å². The summed E-state index contributed by atoms with van der Waals surface area (Å²) in [5, 5.41) is 0. The fraction of sp³-hybridized carbons (Fsp3) is 0.0667. The maximum Gasteiger partial charge on any atom is 0.420 e. The molecule has 0 saturated heterocycles. The van der Waals surface area contributed by atoms with Gasteiger partial charge in [0.1, 0.15) is 22.6 Å². The van der Waals surface area contributed by atoms with E-state index < -0.39 is 35.0 Å². The zero-order valence-electron chi connectivity index (χ0n) is 19.6. The minimum Gasteiger partial charge on any atom is -0.453 e. The maximum absolute atomic E-state index is 13.8. The predicted octanol–water partition coefficient (Wildman–Crippen LogP) is 10.0. The van der Waals surface area contributed by atoms with Crippen LogP contribution < -0.4 is 0 Å². The largest absolute Gasteiger partial charge is 0.453 e. The van der Waals surface area contributed by atoms with Crippen molar-refractivity contribution >= 4 is 24.3 Å². The van der Waals surface area contributed by atoms with Crippen LogP contribution in [0.2, 0.25) is 0 Å². The molecule has 4 rings (SSSR count). The molecule has 0 atom stereocenters. The summed E-state index contributed by atoms with van der Waals surface area (Å²) < 4.78 is 93.0. The number of benzene rings is 2. The fourth-order valence-corrected chi connectivity index (χ4v) is 3.51. The van der Waals surface area contributed by atoms with Crippen LogP contribution in [0.1, 0.15) is 33.8 Å². The first kappa shape index (κ1) is 26.6. The van der Waals surface area contributed by atoms with Crippen molar-refractivity contribution in [1.82, 2.24) is 0 Å². The van der Waals surface area contributed by atoms with Crippen LogP contribution in [0.25, 0.3) is 35.8 Å². The lowest BCUT2D eigenvalue weighted by atomic mass is 10.1. The smallest absolute Gasteiger partial charge is 0.420 e. The highest BCUT2D eigenvalue weighted by Crippen LogP contribution is 2.45. The lowest BCUT2D eigenvalue weighted by Crippen LogP contribution is -2.08. The number of alkyl halides is 6. The monoisotopic (exact) mass is 526 g/mol. The fourth-order valence-electron chi connectivity index (χ4n) is 3.51. The third-order valence-electron chi connectivity index (χ3n) is 5.24. The highest BCUT2D eigenvalue weighted by Gasteiger charge is 2.43. The molecule has 2 aromatic carbocycles. The Labute approximate surface area is 214 Å². The van der Waals surface area contributed by atoms with Crippen LogP contribution in [0.5, 0.6) is 0 Å². The van der Waals surface area contributed by atoms with Crippen LogP contribution in [0.3, 0.4) is 0 Å². The third-order valence-corrected chi connectivity index (χ3v) is 5.24. The van der Waals surface area contributed by atoms with E-state index in [4.69, 9.17) is 8.83 Å². The number of hydrogen-bond donors (Lipinski definition) is 0. The minimum atomic E-state index is -4.98. The van der Waals surface area contributed by atoms with Gasteiger partial charge in [-0.1, -0.05) is 97.1 Å². The molecule has 0 radical (unpaired) electrons. The normalized spacial score (nSPS) is 13.1. The van der Waals surface area contributed by atoms with E-state index in [0.717, 1.165) is 11.1 Å². The molecule has 0 unspecified atom stereocenters. The van der Waals surface area contributed by atoms with E-state index in [1.54, 1.807) is 24.3 Å². The Morgan fingerprint density at radius 3 is 1.16 bits per heavy atom. The van der Waals surface area contributed by atoms with Crippen molar-refractivity contribution in [2.75, 3.05) is 0 Å². The summed E-state index contributed by atoms with van der Waals surface area (Å²) in [6.45, 7) is 0. The van der Waals surface area contributed by atoms with Crippen molar-refractivity contribution in [2.45, 2.75) is 12.4 Å². The van der Waals surface area contributed by atoms with E-state index in [9.17, 15) is 26.3 Å². The van der Waals surface area contributed by atoms with E-state index in [2.05, 4.69) is 0 Å². The average molecular weight is 526 g/mol. The zero-order chi connectivity index (χ0) is 27.2. The lowest BCUT2D eigenvalue weighted by molar-refractivity contribution is -0.140. The van der Waals surface area contributed by atoms with Gasteiger partial charge in [-0.05, 0) is 35.4 Å². The van der Waals surface area contributed by atoms with E-state index in [0.29, 0.717) is 12.1 Å². The van der Waals surface area contributed by atoms with Crippen LogP contribution in [0, 0.1) is 0 Å². The van der Waals surface area contributed by atoms with Gasteiger partial charge in [-0.2, -0.15) is 26.3 Å². The van der Waals surface area contributed by atoms with Gasteiger partial charge in [0.2, 0.25) is 0 Å². The second kappa shape index (κ2) is 11.3. The van der Waals surface area contributed by atoms with Gasteiger partial charge >= 0.3 is 12.4 Å². The summed E-state index contributed by atoms with van der Waals surface area (Å²) in [4.78, 5) is 0. The summed E-state index contributed by atoms with van der Waals surface area (Å²) in [5.74, 6) is -2.65. The first-order valence-corrected chi connectivity index (χ1v) is 11.3. The van der Waals surface area contributed by atoms with Gasteiger partial charge in [-0.3, -0.25) is 0 Å². The molecule has 4 aromatic rings.